The van der Waals surface area contributed by atoms with Crippen LogP contribution >= 0.6 is 11.9 Å². The van der Waals surface area contributed by atoms with E-state index in [1.165, 1.54) is 6.92 Å². The molecule has 1 aromatic carbocycles. The van der Waals surface area contributed by atoms with Gasteiger partial charge in [0.1, 0.15) is 11.0 Å². The SMILES string of the molecule is CC(=O)NSC1Cc2ccccc2OC1=O. The molecule has 1 amide bonds. The van der Waals surface area contributed by atoms with Crippen molar-refractivity contribution in [2.24, 2.45) is 0 Å². The molecule has 0 fully saturated rings. The third-order valence-corrected chi connectivity index (χ3v) is 3.25. The van der Waals surface area contributed by atoms with Crippen LogP contribution in [0.4, 0.5) is 0 Å². The smallest absolute Gasteiger partial charge is 0.326 e. The van der Waals surface area contributed by atoms with Gasteiger partial charge in [0.25, 0.3) is 0 Å². The molecule has 1 N–H and O–H groups in total. The molecule has 5 heteroatoms. The Bertz CT molecular complexity index is 433. The average molecular weight is 237 g/mol. The molecule has 0 aromatic heterocycles. The van der Waals surface area contributed by atoms with Crippen molar-refractivity contribution < 1.29 is 14.3 Å². The molecule has 1 unspecified atom stereocenters. The van der Waals surface area contributed by atoms with Crippen LogP contribution in [0.15, 0.2) is 24.3 Å². The second-order valence-electron chi connectivity index (χ2n) is 3.50. The summed E-state index contributed by atoms with van der Waals surface area (Å²) in [4.78, 5) is 22.3. The van der Waals surface area contributed by atoms with Crippen LogP contribution in [0.25, 0.3) is 0 Å². The van der Waals surface area contributed by atoms with Gasteiger partial charge in [-0.05, 0) is 23.6 Å². The fourth-order valence-electron chi connectivity index (χ4n) is 1.47. The molecule has 1 atom stereocenters. The molecule has 1 aliphatic rings. The van der Waals surface area contributed by atoms with E-state index in [0.29, 0.717) is 12.2 Å². The van der Waals surface area contributed by atoms with Gasteiger partial charge in [-0.3, -0.25) is 14.3 Å². The number of para-hydroxylation sites is 1. The van der Waals surface area contributed by atoms with E-state index in [9.17, 15) is 9.59 Å². The van der Waals surface area contributed by atoms with E-state index in [0.717, 1.165) is 17.5 Å². The topological polar surface area (TPSA) is 55.4 Å². The summed E-state index contributed by atoms with van der Waals surface area (Å²) in [6.45, 7) is 1.41. The summed E-state index contributed by atoms with van der Waals surface area (Å²) < 4.78 is 7.72. The number of benzene rings is 1. The Hall–Kier alpha value is -1.49. The molecule has 16 heavy (non-hydrogen) atoms. The highest BCUT2D eigenvalue weighted by Crippen LogP contribution is 2.28. The molecule has 1 aromatic rings. The van der Waals surface area contributed by atoms with E-state index in [1.54, 1.807) is 6.07 Å². The normalized spacial score (nSPS) is 18.6. The van der Waals surface area contributed by atoms with E-state index in [-0.39, 0.29) is 17.1 Å². The van der Waals surface area contributed by atoms with Gasteiger partial charge in [0.05, 0.1) is 0 Å². The summed E-state index contributed by atoms with van der Waals surface area (Å²) >= 11 is 1.10. The summed E-state index contributed by atoms with van der Waals surface area (Å²) in [6, 6.07) is 7.42. The highest BCUT2D eigenvalue weighted by molar-refractivity contribution is 7.99. The molecule has 84 valence electrons. The minimum absolute atomic E-state index is 0.170. The standard InChI is InChI=1S/C11H11NO3S/c1-7(13)12-16-10-6-8-4-2-3-5-9(8)15-11(10)14/h2-5,10H,6H2,1H3,(H,12,13). The van der Waals surface area contributed by atoms with E-state index >= 15 is 0 Å². The molecule has 2 rings (SSSR count). The number of carbonyl (C=O) groups excluding carboxylic acids is 2. The third-order valence-electron chi connectivity index (χ3n) is 2.20. The Kier molecular flexibility index (Phi) is 3.14. The van der Waals surface area contributed by atoms with E-state index in [1.807, 2.05) is 18.2 Å². The molecule has 0 bridgehead atoms. The number of carbonyl (C=O) groups is 2. The molecule has 0 saturated carbocycles. The van der Waals surface area contributed by atoms with Crippen LogP contribution < -0.4 is 9.46 Å². The maximum absolute atomic E-state index is 11.6. The van der Waals surface area contributed by atoms with E-state index < -0.39 is 0 Å². The van der Waals surface area contributed by atoms with Gasteiger partial charge in [0, 0.05) is 13.3 Å². The first-order valence-corrected chi connectivity index (χ1v) is 5.76. The van der Waals surface area contributed by atoms with Crippen molar-refractivity contribution in [1.82, 2.24) is 4.72 Å². The monoisotopic (exact) mass is 237 g/mol. The van der Waals surface area contributed by atoms with Gasteiger partial charge in [-0.1, -0.05) is 18.2 Å². The molecule has 0 aliphatic carbocycles. The quantitative estimate of drug-likeness (QED) is 0.478. The Morgan fingerprint density at radius 3 is 3.00 bits per heavy atom. The van der Waals surface area contributed by atoms with Gasteiger partial charge in [-0.2, -0.15) is 0 Å². The van der Waals surface area contributed by atoms with Crippen molar-refractivity contribution in [2.45, 2.75) is 18.6 Å². The number of esters is 1. The fraction of sp³-hybridized carbons (Fsp3) is 0.273. The molecular weight excluding hydrogens is 226 g/mol. The average Bonchev–Trinajstić information content (AvgIpc) is 2.26. The van der Waals surface area contributed by atoms with Gasteiger partial charge >= 0.3 is 5.97 Å². The maximum atomic E-state index is 11.6. The van der Waals surface area contributed by atoms with Crippen molar-refractivity contribution in [3.8, 4) is 5.75 Å². The van der Waals surface area contributed by atoms with E-state index in [4.69, 9.17) is 4.74 Å². The third kappa shape index (κ3) is 2.36. The Morgan fingerprint density at radius 2 is 2.25 bits per heavy atom. The van der Waals surface area contributed by atoms with Crippen LogP contribution in [-0.2, 0) is 16.0 Å². The lowest BCUT2D eigenvalue weighted by Gasteiger charge is -2.22. The summed E-state index contributed by atoms with van der Waals surface area (Å²) in [5, 5.41) is -0.362. The number of ether oxygens (including phenoxy) is 1. The number of hydrogen-bond donors (Lipinski definition) is 1. The van der Waals surface area contributed by atoms with Crippen molar-refractivity contribution in [1.29, 1.82) is 0 Å². The van der Waals surface area contributed by atoms with Gasteiger partial charge in [-0.25, -0.2) is 0 Å². The molecule has 0 saturated heterocycles. The van der Waals surface area contributed by atoms with Crippen LogP contribution in [0.3, 0.4) is 0 Å². The summed E-state index contributed by atoms with van der Waals surface area (Å²) in [6.07, 6.45) is 0.583. The van der Waals surface area contributed by atoms with Crippen molar-refractivity contribution in [3.63, 3.8) is 0 Å². The predicted molar refractivity (Wildman–Crippen MR) is 61.0 cm³/mol. The lowest BCUT2D eigenvalue weighted by Crippen LogP contribution is -2.33. The Morgan fingerprint density at radius 1 is 1.50 bits per heavy atom. The maximum Gasteiger partial charge on any atom is 0.326 e. The number of hydrogen-bond acceptors (Lipinski definition) is 4. The van der Waals surface area contributed by atoms with Crippen LogP contribution in [0, 0.1) is 0 Å². The number of fused-ring (bicyclic) bond motifs is 1. The predicted octanol–water partition coefficient (Wildman–Crippen LogP) is 1.30. The lowest BCUT2D eigenvalue weighted by atomic mass is 10.1. The molecule has 1 heterocycles. The van der Waals surface area contributed by atoms with Gasteiger partial charge in [-0.15, -0.1) is 0 Å². The number of amides is 1. The molecular formula is C11H11NO3S. The number of rotatable bonds is 2. The largest absolute Gasteiger partial charge is 0.425 e. The summed E-state index contributed by atoms with van der Waals surface area (Å²) in [5.74, 6) is 0.140. The zero-order valence-corrected chi connectivity index (χ0v) is 9.54. The van der Waals surface area contributed by atoms with Gasteiger partial charge in [0.15, 0.2) is 0 Å². The molecule has 1 aliphatic heterocycles. The number of nitrogens with one attached hydrogen (secondary N) is 1. The zero-order valence-electron chi connectivity index (χ0n) is 8.73. The fourth-order valence-corrected chi connectivity index (χ4v) is 2.19. The highest BCUT2D eigenvalue weighted by atomic mass is 32.2. The Balaban J connectivity index is 2.09. The van der Waals surface area contributed by atoms with Gasteiger partial charge in [0.2, 0.25) is 5.91 Å². The summed E-state index contributed by atoms with van der Waals surface area (Å²) in [7, 11) is 0. The molecule has 0 spiro atoms. The van der Waals surface area contributed by atoms with E-state index in [2.05, 4.69) is 4.72 Å². The highest BCUT2D eigenvalue weighted by Gasteiger charge is 2.29. The lowest BCUT2D eigenvalue weighted by molar-refractivity contribution is -0.134. The second kappa shape index (κ2) is 4.57. The minimum Gasteiger partial charge on any atom is -0.425 e. The first-order valence-electron chi connectivity index (χ1n) is 4.88. The van der Waals surface area contributed by atoms with Crippen LogP contribution in [-0.4, -0.2) is 17.1 Å². The van der Waals surface area contributed by atoms with Crippen molar-refractivity contribution in [3.05, 3.63) is 29.8 Å². The minimum atomic E-state index is -0.362. The molecule has 0 radical (unpaired) electrons. The second-order valence-corrected chi connectivity index (χ2v) is 4.51. The molecule has 4 nitrogen and oxygen atoms in total. The first-order chi connectivity index (χ1) is 7.66. The Labute approximate surface area is 97.5 Å². The zero-order chi connectivity index (χ0) is 11.5. The first kappa shape index (κ1) is 11.0. The van der Waals surface area contributed by atoms with Crippen molar-refractivity contribution in [2.75, 3.05) is 0 Å². The summed E-state index contributed by atoms with van der Waals surface area (Å²) in [5.41, 5.74) is 0.991. The van der Waals surface area contributed by atoms with Crippen molar-refractivity contribution >= 4 is 23.8 Å². The van der Waals surface area contributed by atoms with Crippen LogP contribution in [0.1, 0.15) is 12.5 Å². The van der Waals surface area contributed by atoms with Crippen LogP contribution in [0.5, 0.6) is 5.75 Å². The van der Waals surface area contributed by atoms with Gasteiger partial charge < -0.3 is 4.74 Å². The van der Waals surface area contributed by atoms with Crippen LogP contribution in [0.2, 0.25) is 0 Å².